The molecule has 2 heteroatoms. The van der Waals surface area contributed by atoms with Gasteiger partial charge >= 0.3 is 5.97 Å². The van der Waals surface area contributed by atoms with Crippen LogP contribution in [0.2, 0.25) is 0 Å². The Bertz CT molecular complexity index is 691. The number of carbonyl (C=O) groups excluding carboxylic acids is 1. The van der Waals surface area contributed by atoms with Gasteiger partial charge in [-0.05, 0) is 91.8 Å². The predicted octanol–water partition coefficient (Wildman–Crippen LogP) is 7.74. The van der Waals surface area contributed by atoms with Crippen molar-refractivity contribution in [2.45, 2.75) is 104 Å². The molecule has 8 atom stereocenters. The fourth-order valence-electron chi connectivity index (χ4n) is 8.41. The maximum Gasteiger partial charge on any atom is 0.330 e. The van der Waals surface area contributed by atoms with Crippen LogP contribution >= 0.6 is 0 Å². The molecule has 0 aromatic rings. The molecule has 0 amide bonds. The van der Waals surface area contributed by atoms with Crippen molar-refractivity contribution >= 4 is 5.97 Å². The number of fused-ring (bicyclic) bond motifs is 5. The van der Waals surface area contributed by atoms with Crippen molar-refractivity contribution in [3.8, 4) is 0 Å². The molecule has 3 saturated carbocycles. The summed E-state index contributed by atoms with van der Waals surface area (Å²) in [5, 5.41) is 0. The summed E-state index contributed by atoms with van der Waals surface area (Å²) in [4.78, 5) is 11.7. The summed E-state index contributed by atoms with van der Waals surface area (Å²) in [5.41, 5.74) is 1.93. The fraction of sp³-hybridized carbons (Fsp3) is 0.828. The Balaban J connectivity index is 1.41. The summed E-state index contributed by atoms with van der Waals surface area (Å²) in [6, 6.07) is 0. The minimum atomic E-state index is -0.261. The van der Waals surface area contributed by atoms with Crippen molar-refractivity contribution in [3.63, 3.8) is 0 Å². The molecule has 8 unspecified atom stereocenters. The average molecular weight is 427 g/mol. The SMILES string of the molecule is C=CC(=O)OC1CCC2(C)C(=CCC3C4CCC(C(C)CCCC(C)C)C4CCC32)C1. The molecule has 4 rings (SSSR count). The van der Waals surface area contributed by atoms with Crippen molar-refractivity contribution < 1.29 is 9.53 Å². The third kappa shape index (κ3) is 4.55. The average Bonchev–Trinajstić information content (AvgIpc) is 3.18. The van der Waals surface area contributed by atoms with Gasteiger partial charge in [-0.1, -0.05) is 65.2 Å². The lowest BCUT2D eigenvalue weighted by Gasteiger charge is -2.55. The maximum absolute atomic E-state index is 11.7. The van der Waals surface area contributed by atoms with E-state index < -0.39 is 0 Å². The second-order valence-electron chi connectivity index (χ2n) is 12.1. The molecular formula is C29H46O2. The number of hydrogen-bond acceptors (Lipinski definition) is 2. The molecule has 2 nitrogen and oxygen atoms in total. The van der Waals surface area contributed by atoms with Crippen molar-refractivity contribution in [1.82, 2.24) is 0 Å². The van der Waals surface area contributed by atoms with Crippen LogP contribution in [0.1, 0.15) is 98.3 Å². The van der Waals surface area contributed by atoms with E-state index in [4.69, 9.17) is 4.74 Å². The zero-order chi connectivity index (χ0) is 22.2. The Morgan fingerprint density at radius 3 is 2.65 bits per heavy atom. The summed E-state index contributed by atoms with van der Waals surface area (Å²) in [5.74, 6) is 6.16. The molecular weight excluding hydrogens is 380 g/mol. The summed E-state index contributed by atoms with van der Waals surface area (Å²) in [6.07, 6.45) is 18.4. The zero-order valence-electron chi connectivity index (χ0n) is 20.6. The van der Waals surface area contributed by atoms with E-state index in [2.05, 4.69) is 40.3 Å². The zero-order valence-corrected chi connectivity index (χ0v) is 20.6. The number of rotatable bonds is 7. The van der Waals surface area contributed by atoms with E-state index in [1.165, 1.54) is 63.9 Å². The second-order valence-corrected chi connectivity index (χ2v) is 12.1. The fourth-order valence-corrected chi connectivity index (χ4v) is 8.41. The molecule has 0 aromatic heterocycles. The lowest BCUT2D eigenvalue weighted by molar-refractivity contribution is -0.145. The third-order valence-electron chi connectivity index (χ3n) is 10.1. The molecule has 0 radical (unpaired) electrons. The van der Waals surface area contributed by atoms with Gasteiger partial charge in [-0.15, -0.1) is 0 Å². The van der Waals surface area contributed by atoms with Crippen molar-refractivity contribution in [2.24, 2.45) is 46.8 Å². The first-order chi connectivity index (χ1) is 14.8. The highest BCUT2D eigenvalue weighted by Gasteiger charge is 2.54. The second kappa shape index (κ2) is 9.44. The Morgan fingerprint density at radius 1 is 1.13 bits per heavy atom. The van der Waals surface area contributed by atoms with Gasteiger partial charge < -0.3 is 4.74 Å². The summed E-state index contributed by atoms with van der Waals surface area (Å²) in [7, 11) is 0. The molecule has 0 bridgehead atoms. The normalized spacial score (nSPS) is 40.4. The van der Waals surface area contributed by atoms with Crippen LogP contribution in [0.5, 0.6) is 0 Å². The largest absolute Gasteiger partial charge is 0.459 e. The molecule has 0 saturated heterocycles. The van der Waals surface area contributed by atoms with Gasteiger partial charge in [-0.3, -0.25) is 0 Å². The minimum absolute atomic E-state index is 0.0558. The quantitative estimate of drug-likeness (QED) is 0.236. The van der Waals surface area contributed by atoms with E-state index in [-0.39, 0.29) is 12.1 Å². The Morgan fingerprint density at radius 2 is 1.90 bits per heavy atom. The van der Waals surface area contributed by atoms with Crippen LogP contribution in [0.15, 0.2) is 24.3 Å². The molecule has 4 aliphatic rings. The molecule has 174 valence electrons. The van der Waals surface area contributed by atoms with Gasteiger partial charge in [0, 0.05) is 12.5 Å². The molecule has 0 aromatic carbocycles. The van der Waals surface area contributed by atoms with Gasteiger partial charge in [0.2, 0.25) is 0 Å². The van der Waals surface area contributed by atoms with E-state index in [9.17, 15) is 4.79 Å². The molecule has 0 aliphatic heterocycles. The summed E-state index contributed by atoms with van der Waals surface area (Å²) >= 11 is 0. The van der Waals surface area contributed by atoms with E-state index in [0.717, 1.165) is 54.3 Å². The van der Waals surface area contributed by atoms with E-state index in [1.54, 1.807) is 5.57 Å². The molecule has 3 fully saturated rings. The lowest BCUT2D eigenvalue weighted by atomic mass is 9.50. The van der Waals surface area contributed by atoms with Gasteiger partial charge in [-0.2, -0.15) is 0 Å². The monoisotopic (exact) mass is 426 g/mol. The summed E-state index contributed by atoms with van der Waals surface area (Å²) in [6.45, 7) is 13.4. The van der Waals surface area contributed by atoms with Crippen LogP contribution in [-0.2, 0) is 9.53 Å². The highest BCUT2D eigenvalue weighted by molar-refractivity contribution is 5.81. The van der Waals surface area contributed by atoms with Crippen LogP contribution in [0.3, 0.4) is 0 Å². The number of esters is 1. The first-order valence-electron chi connectivity index (χ1n) is 13.4. The van der Waals surface area contributed by atoms with Gasteiger partial charge in [0.25, 0.3) is 0 Å². The number of hydrogen-bond donors (Lipinski definition) is 0. The van der Waals surface area contributed by atoms with Crippen LogP contribution in [0.25, 0.3) is 0 Å². The number of carbonyl (C=O) groups is 1. The Hall–Kier alpha value is -1.05. The Kier molecular flexibility index (Phi) is 7.04. The molecule has 0 N–H and O–H groups in total. The lowest BCUT2D eigenvalue weighted by Crippen LogP contribution is -2.48. The highest BCUT2D eigenvalue weighted by Crippen LogP contribution is 2.63. The van der Waals surface area contributed by atoms with Gasteiger partial charge in [-0.25, -0.2) is 4.79 Å². The van der Waals surface area contributed by atoms with Gasteiger partial charge in [0.1, 0.15) is 6.10 Å². The van der Waals surface area contributed by atoms with E-state index in [1.807, 2.05) is 0 Å². The highest BCUT2D eigenvalue weighted by atomic mass is 16.5. The van der Waals surface area contributed by atoms with Crippen molar-refractivity contribution in [1.29, 1.82) is 0 Å². The van der Waals surface area contributed by atoms with Gasteiger partial charge in [0.05, 0.1) is 0 Å². The van der Waals surface area contributed by atoms with Crippen LogP contribution in [-0.4, -0.2) is 12.1 Å². The smallest absolute Gasteiger partial charge is 0.330 e. The van der Waals surface area contributed by atoms with E-state index >= 15 is 0 Å². The predicted molar refractivity (Wildman–Crippen MR) is 129 cm³/mol. The maximum atomic E-state index is 11.7. The standard InChI is InChI=1S/C29H46O2/c1-6-28(30)31-22-16-17-29(5)21(18-22)10-11-26-25-13-12-23(24(25)14-15-27(26)29)20(4)9-7-8-19(2)3/h6,10,19-20,22-27H,1,7-9,11-18H2,2-5H3. The van der Waals surface area contributed by atoms with Crippen LogP contribution in [0, 0.1) is 46.8 Å². The molecule has 0 heterocycles. The molecule has 0 spiro atoms. The molecule has 4 aliphatic carbocycles. The van der Waals surface area contributed by atoms with Crippen LogP contribution in [0.4, 0.5) is 0 Å². The van der Waals surface area contributed by atoms with Crippen molar-refractivity contribution in [3.05, 3.63) is 24.3 Å². The first kappa shape index (κ1) is 23.1. The van der Waals surface area contributed by atoms with E-state index in [0.29, 0.717) is 5.41 Å². The molecule has 31 heavy (non-hydrogen) atoms. The third-order valence-corrected chi connectivity index (χ3v) is 10.1. The Labute approximate surface area is 191 Å². The summed E-state index contributed by atoms with van der Waals surface area (Å²) < 4.78 is 5.63. The van der Waals surface area contributed by atoms with Crippen molar-refractivity contribution in [2.75, 3.05) is 0 Å². The number of ether oxygens (including phenoxy) is 1. The first-order valence-corrected chi connectivity index (χ1v) is 13.4. The topological polar surface area (TPSA) is 26.3 Å². The minimum Gasteiger partial charge on any atom is -0.459 e. The van der Waals surface area contributed by atoms with Crippen LogP contribution < -0.4 is 0 Å². The number of allylic oxidation sites excluding steroid dienone is 1. The van der Waals surface area contributed by atoms with Gasteiger partial charge in [0.15, 0.2) is 0 Å².